The van der Waals surface area contributed by atoms with Gasteiger partial charge >= 0.3 is 5.97 Å². The van der Waals surface area contributed by atoms with E-state index in [0.29, 0.717) is 4.48 Å². The first kappa shape index (κ1) is 9.04. The largest absolute Gasteiger partial charge is 0.465 e. The molecule has 0 bridgehead atoms. The highest BCUT2D eigenvalue weighted by atomic mass is 79.9. The lowest BCUT2D eigenvalue weighted by Gasteiger charge is -1.93. The van der Waals surface area contributed by atoms with Gasteiger partial charge in [0.1, 0.15) is 4.48 Å². The third kappa shape index (κ3) is 3.59. The van der Waals surface area contributed by atoms with Crippen LogP contribution in [0.1, 0.15) is 0 Å². The first-order chi connectivity index (χ1) is 4.22. The molecule has 0 aromatic rings. The average Bonchev–Trinajstić information content (AvgIpc) is 1.87. The fraction of sp³-hybridized carbons (Fsp3) is 0.400. The van der Waals surface area contributed by atoms with E-state index in [-0.39, 0.29) is 5.97 Å². The maximum atomic E-state index is 10.6. The number of carbonyl (C=O) groups excluding carboxylic acids is 1. The number of hydrogen-bond donors (Lipinski definition) is 0. The Morgan fingerprint density at radius 2 is 2.33 bits per heavy atom. The second-order valence-electron chi connectivity index (χ2n) is 1.19. The van der Waals surface area contributed by atoms with E-state index in [1.165, 1.54) is 18.9 Å². The van der Waals surface area contributed by atoms with Crippen LogP contribution in [-0.4, -0.2) is 19.3 Å². The molecule has 0 saturated carbocycles. The number of esters is 1. The summed E-state index contributed by atoms with van der Waals surface area (Å²) in [5.41, 5.74) is 0. The summed E-state index contributed by atoms with van der Waals surface area (Å²) in [5.74, 6) is -0.343. The van der Waals surface area contributed by atoms with Gasteiger partial charge in [-0.05, 0) is 27.6 Å². The third-order valence-corrected chi connectivity index (χ3v) is 1.93. The summed E-state index contributed by atoms with van der Waals surface area (Å²) in [6.45, 7) is 0. The van der Waals surface area contributed by atoms with Crippen molar-refractivity contribution in [1.29, 1.82) is 0 Å². The number of hydrogen-bond acceptors (Lipinski definition) is 3. The van der Waals surface area contributed by atoms with Crippen LogP contribution in [0, 0.1) is 0 Å². The van der Waals surface area contributed by atoms with Crippen molar-refractivity contribution in [3.63, 3.8) is 0 Å². The first-order valence-corrected chi connectivity index (χ1v) is 4.27. The summed E-state index contributed by atoms with van der Waals surface area (Å²) >= 11 is 4.47. The van der Waals surface area contributed by atoms with E-state index >= 15 is 0 Å². The third-order valence-electron chi connectivity index (χ3n) is 0.602. The average molecular weight is 211 g/mol. The minimum Gasteiger partial charge on any atom is -0.465 e. The Labute approximate surface area is 66.8 Å². The van der Waals surface area contributed by atoms with Crippen molar-refractivity contribution < 1.29 is 9.53 Å². The number of halogens is 1. The maximum Gasteiger partial charge on any atom is 0.345 e. The van der Waals surface area contributed by atoms with E-state index in [0.717, 1.165) is 0 Å². The second-order valence-corrected chi connectivity index (χ2v) is 2.75. The smallest absolute Gasteiger partial charge is 0.345 e. The van der Waals surface area contributed by atoms with E-state index in [1.807, 2.05) is 6.26 Å². The van der Waals surface area contributed by atoms with E-state index in [9.17, 15) is 4.79 Å². The zero-order valence-corrected chi connectivity index (χ0v) is 7.58. The molecule has 0 heterocycles. The van der Waals surface area contributed by atoms with Gasteiger partial charge in [0.15, 0.2) is 0 Å². The lowest BCUT2D eigenvalue weighted by atomic mass is 10.7. The minimum absolute atomic E-state index is 0.343. The topological polar surface area (TPSA) is 26.3 Å². The van der Waals surface area contributed by atoms with Crippen molar-refractivity contribution in [2.75, 3.05) is 13.4 Å². The summed E-state index contributed by atoms with van der Waals surface area (Å²) in [6, 6.07) is 0. The molecule has 0 aromatic heterocycles. The van der Waals surface area contributed by atoms with Crippen molar-refractivity contribution in [2.45, 2.75) is 0 Å². The SMILES string of the molecule is COC(=O)C(Br)=CSC. The highest BCUT2D eigenvalue weighted by Crippen LogP contribution is 2.11. The molecule has 0 aromatic carbocycles. The summed E-state index contributed by atoms with van der Waals surface area (Å²) in [4.78, 5) is 10.6. The molecule has 0 spiro atoms. The van der Waals surface area contributed by atoms with Crippen molar-refractivity contribution in [1.82, 2.24) is 0 Å². The standard InChI is InChI=1S/C5H7BrO2S/c1-8-5(7)4(6)3-9-2/h3H,1-2H3. The predicted molar refractivity (Wildman–Crippen MR) is 42.5 cm³/mol. The fourth-order valence-electron chi connectivity index (χ4n) is 0.249. The van der Waals surface area contributed by atoms with E-state index in [2.05, 4.69) is 20.7 Å². The Balaban J connectivity index is 3.86. The van der Waals surface area contributed by atoms with Crippen LogP contribution >= 0.6 is 27.7 Å². The van der Waals surface area contributed by atoms with Gasteiger partial charge in [0, 0.05) is 0 Å². The number of methoxy groups -OCH3 is 1. The Hall–Kier alpha value is 0.0400. The molecule has 0 radical (unpaired) electrons. The number of rotatable bonds is 2. The van der Waals surface area contributed by atoms with Gasteiger partial charge in [0.25, 0.3) is 0 Å². The van der Waals surface area contributed by atoms with Gasteiger partial charge in [-0.1, -0.05) is 0 Å². The van der Waals surface area contributed by atoms with E-state index in [1.54, 1.807) is 5.41 Å². The first-order valence-electron chi connectivity index (χ1n) is 2.19. The van der Waals surface area contributed by atoms with Gasteiger partial charge < -0.3 is 4.74 Å². The highest BCUT2D eigenvalue weighted by Gasteiger charge is 2.02. The van der Waals surface area contributed by atoms with Crippen LogP contribution in [0.15, 0.2) is 9.89 Å². The lowest BCUT2D eigenvalue weighted by Crippen LogP contribution is -1.97. The predicted octanol–water partition coefficient (Wildman–Crippen LogP) is 1.76. The number of ether oxygens (including phenoxy) is 1. The van der Waals surface area contributed by atoms with Crippen molar-refractivity contribution >= 4 is 33.7 Å². The van der Waals surface area contributed by atoms with Crippen LogP contribution in [0.4, 0.5) is 0 Å². The van der Waals surface area contributed by atoms with E-state index in [4.69, 9.17) is 0 Å². The van der Waals surface area contributed by atoms with Crippen LogP contribution in [-0.2, 0) is 9.53 Å². The fourth-order valence-corrected chi connectivity index (χ4v) is 1.27. The lowest BCUT2D eigenvalue weighted by molar-refractivity contribution is -0.135. The Kier molecular flexibility index (Phi) is 4.90. The maximum absolute atomic E-state index is 10.6. The van der Waals surface area contributed by atoms with Gasteiger partial charge in [-0.15, -0.1) is 11.8 Å². The van der Waals surface area contributed by atoms with Gasteiger partial charge in [0.2, 0.25) is 0 Å². The molecule has 2 nitrogen and oxygen atoms in total. The zero-order valence-electron chi connectivity index (χ0n) is 5.18. The normalized spacial score (nSPS) is 11.2. The van der Waals surface area contributed by atoms with Crippen molar-refractivity contribution in [3.05, 3.63) is 9.89 Å². The number of carbonyl (C=O) groups is 1. The molecule has 9 heavy (non-hydrogen) atoms. The van der Waals surface area contributed by atoms with Gasteiger partial charge in [0.05, 0.1) is 7.11 Å². The van der Waals surface area contributed by atoms with Crippen LogP contribution in [0.3, 0.4) is 0 Å². The molecular weight excluding hydrogens is 204 g/mol. The molecule has 0 aliphatic rings. The molecule has 0 unspecified atom stereocenters. The van der Waals surface area contributed by atoms with Crippen LogP contribution in [0.2, 0.25) is 0 Å². The van der Waals surface area contributed by atoms with Crippen molar-refractivity contribution in [3.8, 4) is 0 Å². The monoisotopic (exact) mass is 210 g/mol. The molecular formula is C5H7BrO2S. The summed E-state index contributed by atoms with van der Waals surface area (Å²) < 4.78 is 4.85. The molecule has 52 valence electrons. The van der Waals surface area contributed by atoms with Crippen molar-refractivity contribution in [2.24, 2.45) is 0 Å². The van der Waals surface area contributed by atoms with E-state index < -0.39 is 0 Å². The molecule has 0 fully saturated rings. The van der Waals surface area contributed by atoms with Gasteiger partial charge in [-0.3, -0.25) is 0 Å². The molecule has 4 heteroatoms. The molecule has 0 aliphatic heterocycles. The second kappa shape index (κ2) is 4.88. The molecule has 0 saturated heterocycles. The minimum atomic E-state index is -0.343. The Bertz CT molecular complexity index is 133. The number of thioether (sulfide) groups is 1. The Morgan fingerprint density at radius 1 is 1.78 bits per heavy atom. The quantitative estimate of drug-likeness (QED) is 0.514. The van der Waals surface area contributed by atoms with Gasteiger partial charge in [-0.2, -0.15) is 0 Å². The van der Waals surface area contributed by atoms with Crippen LogP contribution in [0.25, 0.3) is 0 Å². The molecule has 0 amide bonds. The highest BCUT2D eigenvalue weighted by molar-refractivity contribution is 9.12. The Morgan fingerprint density at radius 3 is 2.67 bits per heavy atom. The molecule has 0 rings (SSSR count). The summed E-state index contributed by atoms with van der Waals surface area (Å²) in [6.07, 6.45) is 1.87. The molecule has 0 atom stereocenters. The summed E-state index contributed by atoms with van der Waals surface area (Å²) in [7, 11) is 1.34. The summed E-state index contributed by atoms with van der Waals surface area (Å²) in [5, 5.41) is 1.67. The van der Waals surface area contributed by atoms with Gasteiger partial charge in [-0.25, -0.2) is 4.79 Å². The zero-order chi connectivity index (χ0) is 7.28. The van der Waals surface area contributed by atoms with Crippen LogP contribution in [0.5, 0.6) is 0 Å². The van der Waals surface area contributed by atoms with Crippen LogP contribution < -0.4 is 0 Å². The molecule has 0 N–H and O–H groups in total. The molecule has 0 aliphatic carbocycles.